The second-order valence-corrected chi connectivity index (χ2v) is 4.19. The molecule has 2 heterocycles. The number of benzene rings is 1. The first-order valence-electron chi connectivity index (χ1n) is 6.11. The van der Waals surface area contributed by atoms with E-state index in [4.69, 9.17) is 0 Å². The Labute approximate surface area is 111 Å². The summed E-state index contributed by atoms with van der Waals surface area (Å²) in [5, 5.41) is 3.12. The van der Waals surface area contributed by atoms with Crippen molar-refractivity contribution >= 4 is 5.69 Å². The molecule has 0 aliphatic carbocycles. The molecule has 3 aromatic rings. The molecule has 0 atom stereocenters. The van der Waals surface area contributed by atoms with E-state index in [0.29, 0.717) is 0 Å². The number of hydrogen-bond acceptors (Lipinski definition) is 3. The predicted molar refractivity (Wildman–Crippen MR) is 76.8 cm³/mol. The van der Waals surface area contributed by atoms with Crippen LogP contribution in [0.5, 0.6) is 0 Å². The molecule has 94 valence electrons. The zero-order valence-electron chi connectivity index (χ0n) is 10.6. The topological polar surface area (TPSA) is 53.6 Å². The summed E-state index contributed by atoms with van der Waals surface area (Å²) >= 11 is 0. The molecule has 0 aliphatic heterocycles. The molecule has 19 heavy (non-hydrogen) atoms. The third kappa shape index (κ3) is 2.33. The number of rotatable bonds is 3. The lowest BCUT2D eigenvalue weighted by molar-refractivity contribution is 1.27. The van der Waals surface area contributed by atoms with Crippen LogP contribution in [0.3, 0.4) is 0 Å². The fourth-order valence-corrected chi connectivity index (χ4v) is 1.94. The van der Waals surface area contributed by atoms with Gasteiger partial charge >= 0.3 is 0 Å². The van der Waals surface area contributed by atoms with Crippen molar-refractivity contribution in [2.45, 2.75) is 0 Å². The first-order valence-corrected chi connectivity index (χ1v) is 6.11. The lowest BCUT2D eigenvalue weighted by atomic mass is 10.2. The van der Waals surface area contributed by atoms with E-state index in [1.165, 1.54) is 0 Å². The van der Waals surface area contributed by atoms with Gasteiger partial charge in [0.2, 0.25) is 0 Å². The Kier molecular flexibility index (Phi) is 2.98. The molecule has 0 saturated heterocycles. The third-order valence-electron chi connectivity index (χ3n) is 2.94. The van der Waals surface area contributed by atoms with Gasteiger partial charge in [-0.1, -0.05) is 18.2 Å². The smallest absolute Gasteiger partial charge is 0.137 e. The van der Waals surface area contributed by atoms with E-state index >= 15 is 0 Å². The molecule has 0 spiro atoms. The molecule has 0 unspecified atom stereocenters. The van der Waals surface area contributed by atoms with Crippen LogP contribution in [0, 0.1) is 0 Å². The standard InChI is InChI=1S/C15H14N4/c1-16-12-6-4-5-11(9-12)15-18-10-14(19-15)13-7-2-3-8-17-13/h2-10,16H,1H3,(H,18,19). The van der Waals surface area contributed by atoms with Gasteiger partial charge in [-0.15, -0.1) is 0 Å². The Balaban J connectivity index is 1.97. The molecule has 0 amide bonds. The lowest BCUT2D eigenvalue weighted by Gasteiger charge is -2.02. The van der Waals surface area contributed by atoms with E-state index in [-0.39, 0.29) is 0 Å². The van der Waals surface area contributed by atoms with Gasteiger partial charge in [-0.2, -0.15) is 0 Å². The minimum Gasteiger partial charge on any atom is -0.388 e. The van der Waals surface area contributed by atoms with E-state index in [9.17, 15) is 0 Å². The fourth-order valence-electron chi connectivity index (χ4n) is 1.94. The summed E-state index contributed by atoms with van der Waals surface area (Å²) in [6, 6.07) is 13.9. The number of pyridine rings is 1. The summed E-state index contributed by atoms with van der Waals surface area (Å²) in [5.74, 6) is 0.845. The van der Waals surface area contributed by atoms with Gasteiger partial charge in [0, 0.05) is 24.5 Å². The average Bonchev–Trinajstić information content (AvgIpc) is 2.98. The number of aromatic amines is 1. The molecule has 2 aromatic heterocycles. The summed E-state index contributed by atoms with van der Waals surface area (Å²) in [5.41, 5.74) is 3.93. The average molecular weight is 250 g/mol. The number of imidazole rings is 1. The maximum Gasteiger partial charge on any atom is 0.137 e. The minimum atomic E-state index is 0.845. The van der Waals surface area contributed by atoms with Crippen molar-refractivity contribution < 1.29 is 0 Å². The van der Waals surface area contributed by atoms with E-state index < -0.39 is 0 Å². The molecule has 3 rings (SSSR count). The van der Waals surface area contributed by atoms with Crippen LogP contribution in [0.4, 0.5) is 5.69 Å². The number of aromatic nitrogens is 3. The Bertz CT molecular complexity index is 673. The highest BCUT2D eigenvalue weighted by atomic mass is 14.9. The monoisotopic (exact) mass is 250 g/mol. The van der Waals surface area contributed by atoms with Crippen molar-refractivity contribution in [3.05, 3.63) is 54.9 Å². The van der Waals surface area contributed by atoms with Crippen LogP contribution in [0.15, 0.2) is 54.9 Å². The second kappa shape index (κ2) is 4.94. The summed E-state index contributed by atoms with van der Waals surface area (Å²) in [6.45, 7) is 0. The summed E-state index contributed by atoms with van der Waals surface area (Å²) in [4.78, 5) is 12.0. The molecule has 4 nitrogen and oxygen atoms in total. The second-order valence-electron chi connectivity index (χ2n) is 4.19. The highest BCUT2D eigenvalue weighted by molar-refractivity contribution is 5.65. The van der Waals surface area contributed by atoms with Crippen LogP contribution in [0.2, 0.25) is 0 Å². The highest BCUT2D eigenvalue weighted by Crippen LogP contribution is 2.22. The zero-order valence-corrected chi connectivity index (χ0v) is 10.6. The number of H-pyrrole nitrogens is 1. The quantitative estimate of drug-likeness (QED) is 0.750. The van der Waals surface area contributed by atoms with Gasteiger partial charge in [0.15, 0.2) is 0 Å². The Hall–Kier alpha value is -2.62. The number of nitrogens with one attached hydrogen (secondary N) is 2. The van der Waals surface area contributed by atoms with Gasteiger partial charge in [0.1, 0.15) is 5.82 Å². The maximum absolute atomic E-state index is 4.41. The van der Waals surface area contributed by atoms with Crippen LogP contribution in [0.25, 0.3) is 22.8 Å². The zero-order chi connectivity index (χ0) is 13.1. The molecule has 2 N–H and O–H groups in total. The first-order chi connectivity index (χ1) is 9.36. The normalized spacial score (nSPS) is 10.4. The van der Waals surface area contributed by atoms with Crippen molar-refractivity contribution in [2.24, 2.45) is 0 Å². The fraction of sp³-hybridized carbons (Fsp3) is 0.0667. The van der Waals surface area contributed by atoms with Gasteiger partial charge in [-0.3, -0.25) is 4.98 Å². The number of hydrogen-bond donors (Lipinski definition) is 2. The van der Waals surface area contributed by atoms with Crippen LogP contribution < -0.4 is 5.32 Å². The SMILES string of the molecule is CNc1cccc(-c2ncc(-c3ccccn3)[nH]2)c1. The van der Waals surface area contributed by atoms with Crippen LogP contribution in [-0.2, 0) is 0 Å². The van der Waals surface area contributed by atoms with Crippen LogP contribution >= 0.6 is 0 Å². The Morgan fingerprint density at radius 1 is 1.05 bits per heavy atom. The maximum atomic E-state index is 4.41. The molecule has 1 aromatic carbocycles. The lowest BCUT2D eigenvalue weighted by Crippen LogP contribution is -1.88. The van der Waals surface area contributed by atoms with Crippen molar-refractivity contribution in [1.29, 1.82) is 0 Å². The van der Waals surface area contributed by atoms with Crippen LogP contribution in [0.1, 0.15) is 0 Å². The molecule has 0 fully saturated rings. The van der Waals surface area contributed by atoms with E-state index in [1.807, 2.05) is 49.6 Å². The van der Waals surface area contributed by atoms with Crippen LogP contribution in [-0.4, -0.2) is 22.0 Å². The third-order valence-corrected chi connectivity index (χ3v) is 2.94. The predicted octanol–water partition coefficient (Wildman–Crippen LogP) is 3.18. The summed E-state index contributed by atoms with van der Waals surface area (Å²) in [7, 11) is 1.90. The Morgan fingerprint density at radius 2 is 2.00 bits per heavy atom. The van der Waals surface area contributed by atoms with E-state index in [2.05, 4.69) is 26.3 Å². The Morgan fingerprint density at radius 3 is 2.79 bits per heavy atom. The van der Waals surface area contributed by atoms with Gasteiger partial charge < -0.3 is 10.3 Å². The van der Waals surface area contributed by atoms with Gasteiger partial charge in [-0.05, 0) is 24.3 Å². The van der Waals surface area contributed by atoms with E-state index in [0.717, 1.165) is 28.5 Å². The molecule has 0 aliphatic rings. The van der Waals surface area contributed by atoms with Crippen molar-refractivity contribution in [2.75, 3.05) is 12.4 Å². The summed E-state index contributed by atoms with van der Waals surface area (Å²) < 4.78 is 0. The molecule has 0 radical (unpaired) electrons. The van der Waals surface area contributed by atoms with Crippen molar-refractivity contribution in [1.82, 2.24) is 15.0 Å². The number of nitrogens with zero attached hydrogens (tertiary/aromatic N) is 2. The van der Waals surface area contributed by atoms with Gasteiger partial charge in [0.05, 0.1) is 17.6 Å². The number of anilines is 1. The van der Waals surface area contributed by atoms with Crippen molar-refractivity contribution in [3.63, 3.8) is 0 Å². The molecule has 0 bridgehead atoms. The van der Waals surface area contributed by atoms with Gasteiger partial charge in [-0.25, -0.2) is 4.98 Å². The molecule has 0 saturated carbocycles. The molecular weight excluding hydrogens is 236 g/mol. The highest BCUT2D eigenvalue weighted by Gasteiger charge is 2.06. The summed E-state index contributed by atoms with van der Waals surface area (Å²) in [6.07, 6.45) is 3.58. The largest absolute Gasteiger partial charge is 0.388 e. The minimum absolute atomic E-state index is 0.845. The molecule has 4 heteroatoms. The van der Waals surface area contributed by atoms with Gasteiger partial charge in [0.25, 0.3) is 0 Å². The van der Waals surface area contributed by atoms with Crippen molar-refractivity contribution in [3.8, 4) is 22.8 Å². The van der Waals surface area contributed by atoms with E-state index in [1.54, 1.807) is 6.20 Å². The molecular formula is C15H14N4. The first kappa shape index (κ1) is 11.5.